The van der Waals surface area contributed by atoms with Crippen molar-refractivity contribution in [1.29, 1.82) is 0 Å². The van der Waals surface area contributed by atoms with Crippen molar-refractivity contribution in [2.75, 3.05) is 13.6 Å². The Balaban J connectivity index is 1.55. The number of fused-ring (bicyclic) bond motifs is 1. The van der Waals surface area contributed by atoms with E-state index in [1.54, 1.807) is 10.6 Å². The first-order valence-electron chi connectivity index (χ1n) is 11.5. The summed E-state index contributed by atoms with van der Waals surface area (Å²) in [4.78, 5) is 32.6. The molecule has 2 amide bonds. The van der Waals surface area contributed by atoms with Gasteiger partial charge in [-0.2, -0.15) is 0 Å². The van der Waals surface area contributed by atoms with E-state index in [0.717, 1.165) is 22.2 Å². The topological polar surface area (TPSA) is 67.2 Å². The number of pyridine rings is 1. The van der Waals surface area contributed by atoms with Crippen LogP contribution in [0, 0.1) is 6.92 Å². The minimum absolute atomic E-state index is 0.0450. The summed E-state index contributed by atoms with van der Waals surface area (Å²) >= 11 is 0. The van der Waals surface area contributed by atoms with Crippen LogP contribution in [0.25, 0.3) is 10.9 Å². The summed E-state index contributed by atoms with van der Waals surface area (Å²) < 4.78 is 1.79. The minimum atomic E-state index is -0.115. The Hall–Kier alpha value is -3.93. The highest BCUT2D eigenvalue weighted by Crippen LogP contribution is 2.22. The van der Waals surface area contributed by atoms with E-state index in [9.17, 15) is 9.59 Å². The third-order valence-electron chi connectivity index (χ3n) is 6.20. The monoisotopic (exact) mass is 454 g/mol. The average molecular weight is 455 g/mol. The van der Waals surface area contributed by atoms with Gasteiger partial charge in [0, 0.05) is 44.0 Å². The van der Waals surface area contributed by atoms with Crippen LogP contribution in [0.4, 0.5) is 0 Å². The molecule has 2 aromatic carbocycles. The molecular formula is C28H30N4O2. The lowest BCUT2D eigenvalue weighted by molar-refractivity contribution is 0.0724. The summed E-state index contributed by atoms with van der Waals surface area (Å²) in [5, 5.41) is 3.85. The molecule has 0 fully saturated rings. The molecule has 174 valence electrons. The van der Waals surface area contributed by atoms with Crippen molar-refractivity contribution in [2.24, 2.45) is 7.05 Å². The molecule has 6 nitrogen and oxygen atoms in total. The van der Waals surface area contributed by atoms with Gasteiger partial charge in [0.15, 0.2) is 0 Å². The number of para-hydroxylation sites is 1. The van der Waals surface area contributed by atoms with Crippen LogP contribution in [0.5, 0.6) is 0 Å². The van der Waals surface area contributed by atoms with E-state index in [0.29, 0.717) is 30.6 Å². The van der Waals surface area contributed by atoms with Gasteiger partial charge in [0.25, 0.3) is 11.8 Å². The maximum atomic E-state index is 13.7. The zero-order valence-corrected chi connectivity index (χ0v) is 19.9. The van der Waals surface area contributed by atoms with Crippen LogP contribution in [-0.2, 0) is 13.5 Å². The van der Waals surface area contributed by atoms with Gasteiger partial charge in [-0.1, -0.05) is 48.5 Å². The number of carbonyl (C=O) groups is 2. The number of carbonyl (C=O) groups excluding carboxylic acids is 2. The number of rotatable bonds is 8. The van der Waals surface area contributed by atoms with E-state index in [1.165, 1.54) is 0 Å². The Labute approximate surface area is 200 Å². The molecule has 1 unspecified atom stereocenters. The zero-order valence-electron chi connectivity index (χ0n) is 19.9. The quantitative estimate of drug-likeness (QED) is 0.430. The highest BCUT2D eigenvalue weighted by atomic mass is 16.2. The lowest BCUT2D eigenvalue weighted by Crippen LogP contribution is -2.41. The molecule has 0 saturated carbocycles. The molecule has 0 aliphatic carbocycles. The normalized spacial score (nSPS) is 11.9. The van der Waals surface area contributed by atoms with E-state index >= 15 is 0 Å². The Morgan fingerprint density at radius 3 is 2.50 bits per heavy atom. The third-order valence-corrected chi connectivity index (χ3v) is 6.20. The van der Waals surface area contributed by atoms with Gasteiger partial charge < -0.3 is 14.8 Å². The predicted octanol–water partition coefficient (Wildman–Crippen LogP) is 4.39. The Kier molecular flexibility index (Phi) is 7.07. The number of aryl methyl sites for hydroxylation is 2. The smallest absolute Gasteiger partial charge is 0.267 e. The fourth-order valence-electron chi connectivity index (χ4n) is 4.30. The molecule has 0 aliphatic rings. The van der Waals surface area contributed by atoms with Crippen LogP contribution in [0.1, 0.15) is 38.5 Å². The first kappa shape index (κ1) is 23.2. The third kappa shape index (κ3) is 5.17. The molecule has 0 spiro atoms. The molecule has 4 rings (SSSR count). The van der Waals surface area contributed by atoms with Crippen LogP contribution in [0.2, 0.25) is 0 Å². The van der Waals surface area contributed by atoms with Crippen molar-refractivity contribution in [2.45, 2.75) is 25.8 Å². The minimum Gasteiger partial charge on any atom is -0.351 e. The predicted molar refractivity (Wildman–Crippen MR) is 135 cm³/mol. The van der Waals surface area contributed by atoms with Crippen LogP contribution in [0.15, 0.2) is 79.0 Å². The van der Waals surface area contributed by atoms with Crippen molar-refractivity contribution < 1.29 is 9.59 Å². The molecule has 1 atom stereocenters. The zero-order chi connectivity index (χ0) is 24.1. The number of amides is 2. The SMILES string of the molecule is Cc1cc(C(=O)N(C)C(CCNC(=O)c2cccn2C)Cc2ccccc2)c2ccccc2n1. The van der Waals surface area contributed by atoms with E-state index < -0.39 is 0 Å². The van der Waals surface area contributed by atoms with Gasteiger partial charge in [0.1, 0.15) is 5.69 Å². The van der Waals surface area contributed by atoms with Crippen molar-refractivity contribution in [3.8, 4) is 0 Å². The van der Waals surface area contributed by atoms with E-state index in [4.69, 9.17) is 0 Å². The van der Waals surface area contributed by atoms with Gasteiger partial charge >= 0.3 is 0 Å². The van der Waals surface area contributed by atoms with E-state index in [-0.39, 0.29) is 17.9 Å². The molecule has 1 N–H and O–H groups in total. The molecule has 6 heteroatoms. The highest BCUT2D eigenvalue weighted by molar-refractivity contribution is 6.06. The second-order valence-corrected chi connectivity index (χ2v) is 8.64. The van der Waals surface area contributed by atoms with E-state index in [2.05, 4.69) is 22.4 Å². The molecular weight excluding hydrogens is 424 g/mol. The molecule has 0 radical (unpaired) electrons. The molecule has 2 aromatic heterocycles. The van der Waals surface area contributed by atoms with Crippen molar-refractivity contribution >= 4 is 22.7 Å². The fourth-order valence-corrected chi connectivity index (χ4v) is 4.30. The van der Waals surface area contributed by atoms with Gasteiger partial charge in [-0.15, -0.1) is 0 Å². The molecule has 0 bridgehead atoms. The average Bonchev–Trinajstić information content (AvgIpc) is 3.28. The molecule has 0 aliphatic heterocycles. The lowest BCUT2D eigenvalue weighted by Gasteiger charge is -2.29. The summed E-state index contributed by atoms with van der Waals surface area (Å²) in [6, 6.07) is 23.3. The van der Waals surface area contributed by atoms with Gasteiger partial charge in [0.2, 0.25) is 0 Å². The number of hydrogen-bond donors (Lipinski definition) is 1. The molecule has 0 saturated heterocycles. The summed E-state index contributed by atoms with van der Waals surface area (Å²) in [5.74, 6) is -0.160. The molecule has 4 aromatic rings. The van der Waals surface area contributed by atoms with Gasteiger partial charge in [-0.3, -0.25) is 14.6 Å². The summed E-state index contributed by atoms with van der Waals surface area (Å²) in [7, 11) is 3.69. The standard InChI is InChI=1S/C28H30N4O2/c1-20-18-24(23-12-7-8-13-25(23)30-20)28(34)32(3)22(19-21-10-5-4-6-11-21)15-16-29-27(33)26-14-9-17-31(26)2/h4-14,17-18,22H,15-16,19H2,1-3H3,(H,29,33). The van der Waals surface area contributed by atoms with Crippen molar-refractivity contribution in [3.05, 3.63) is 102 Å². The van der Waals surface area contributed by atoms with Gasteiger partial charge in [-0.05, 0) is 49.6 Å². The largest absolute Gasteiger partial charge is 0.351 e. The summed E-state index contributed by atoms with van der Waals surface area (Å²) in [5.41, 5.74) is 4.04. The number of likely N-dealkylation sites (N-methyl/N-ethyl adjacent to an activating group) is 1. The maximum absolute atomic E-state index is 13.7. The summed E-state index contributed by atoms with van der Waals surface area (Å²) in [6.45, 7) is 2.37. The Bertz CT molecular complexity index is 1300. The Morgan fingerprint density at radius 2 is 1.76 bits per heavy atom. The Morgan fingerprint density at radius 1 is 1.03 bits per heavy atom. The van der Waals surface area contributed by atoms with Crippen LogP contribution in [0.3, 0.4) is 0 Å². The second-order valence-electron chi connectivity index (χ2n) is 8.64. The molecule has 2 heterocycles. The number of nitrogens with one attached hydrogen (secondary N) is 1. The number of nitrogens with zero attached hydrogens (tertiary/aromatic N) is 3. The van der Waals surface area contributed by atoms with Crippen molar-refractivity contribution in [1.82, 2.24) is 19.8 Å². The highest BCUT2D eigenvalue weighted by Gasteiger charge is 2.24. The summed E-state index contributed by atoms with van der Waals surface area (Å²) in [6.07, 6.45) is 3.18. The van der Waals surface area contributed by atoms with Crippen LogP contribution < -0.4 is 5.32 Å². The van der Waals surface area contributed by atoms with Crippen LogP contribution in [-0.4, -0.2) is 45.9 Å². The maximum Gasteiger partial charge on any atom is 0.267 e. The molecule has 34 heavy (non-hydrogen) atoms. The number of aromatic nitrogens is 2. The van der Waals surface area contributed by atoms with Crippen molar-refractivity contribution in [3.63, 3.8) is 0 Å². The fraction of sp³-hybridized carbons (Fsp3) is 0.250. The first-order valence-corrected chi connectivity index (χ1v) is 11.5. The van der Waals surface area contributed by atoms with Crippen LogP contribution >= 0.6 is 0 Å². The van der Waals surface area contributed by atoms with E-state index in [1.807, 2.05) is 86.7 Å². The lowest BCUT2D eigenvalue weighted by atomic mass is 10.00. The first-order chi connectivity index (χ1) is 16.4. The van der Waals surface area contributed by atoms with Gasteiger partial charge in [0.05, 0.1) is 11.1 Å². The number of hydrogen-bond acceptors (Lipinski definition) is 3. The number of benzene rings is 2. The second kappa shape index (κ2) is 10.3. The van der Waals surface area contributed by atoms with Gasteiger partial charge in [-0.25, -0.2) is 0 Å².